The molecule has 0 saturated heterocycles. The maximum absolute atomic E-state index is 13.5. The summed E-state index contributed by atoms with van der Waals surface area (Å²) in [5.41, 5.74) is 3.56. The summed E-state index contributed by atoms with van der Waals surface area (Å²) in [6, 6.07) is 14.3. The third-order valence-electron chi connectivity index (χ3n) is 5.95. The molecule has 180 valence electrons. The van der Waals surface area contributed by atoms with Gasteiger partial charge in [-0.25, -0.2) is 9.37 Å². The first-order valence-electron chi connectivity index (χ1n) is 11.4. The van der Waals surface area contributed by atoms with Crippen molar-refractivity contribution >= 4 is 17.4 Å². The number of anilines is 2. The molecule has 2 aromatic carbocycles. The minimum absolute atomic E-state index is 0.0764. The quantitative estimate of drug-likeness (QED) is 0.447. The number of carbonyl (C=O) groups excluding carboxylic acids is 1. The van der Waals surface area contributed by atoms with E-state index in [9.17, 15) is 19.4 Å². The van der Waals surface area contributed by atoms with Crippen LogP contribution in [0.2, 0.25) is 0 Å². The number of aliphatic hydroxyl groups is 2. The predicted octanol–water partition coefficient (Wildman–Crippen LogP) is 2.37. The Balaban J connectivity index is 1.61. The third kappa shape index (κ3) is 5.44. The molecule has 0 aliphatic carbocycles. The Morgan fingerprint density at radius 3 is 2.38 bits per heavy atom. The Morgan fingerprint density at radius 1 is 1.06 bits per heavy atom. The second-order valence-electron chi connectivity index (χ2n) is 8.41. The molecule has 3 N–H and O–H groups in total. The number of amides is 1. The van der Waals surface area contributed by atoms with E-state index in [1.54, 1.807) is 21.9 Å². The highest BCUT2D eigenvalue weighted by atomic mass is 19.1. The van der Waals surface area contributed by atoms with Crippen LogP contribution in [-0.4, -0.2) is 74.9 Å². The number of hydrogen-bond acceptors (Lipinski definition) is 6. The van der Waals surface area contributed by atoms with Crippen molar-refractivity contribution in [1.29, 1.82) is 0 Å². The van der Waals surface area contributed by atoms with Crippen molar-refractivity contribution in [2.24, 2.45) is 0 Å². The van der Waals surface area contributed by atoms with Crippen molar-refractivity contribution in [3.8, 4) is 11.3 Å². The molecule has 34 heavy (non-hydrogen) atoms. The molecule has 2 heterocycles. The highest BCUT2D eigenvalue weighted by Crippen LogP contribution is 2.33. The van der Waals surface area contributed by atoms with E-state index in [0.717, 1.165) is 28.5 Å². The Labute approximate surface area is 198 Å². The van der Waals surface area contributed by atoms with Crippen molar-refractivity contribution in [1.82, 2.24) is 19.4 Å². The second kappa shape index (κ2) is 10.8. The van der Waals surface area contributed by atoms with Crippen molar-refractivity contribution in [3.05, 3.63) is 65.7 Å². The van der Waals surface area contributed by atoms with Gasteiger partial charge in [-0.3, -0.25) is 9.69 Å². The molecule has 1 amide bonds. The van der Waals surface area contributed by atoms with Gasteiger partial charge in [0.25, 0.3) is 0 Å². The Morgan fingerprint density at radius 2 is 1.74 bits per heavy atom. The van der Waals surface area contributed by atoms with Crippen LogP contribution < -0.4 is 5.32 Å². The molecule has 0 atom stereocenters. The van der Waals surface area contributed by atoms with E-state index in [1.165, 1.54) is 12.1 Å². The van der Waals surface area contributed by atoms with E-state index in [2.05, 4.69) is 9.88 Å². The zero-order valence-electron chi connectivity index (χ0n) is 19.2. The molecule has 4 rings (SSSR count). The van der Waals surface area contributed by atoms with Crippen LogP contribution in [0.25, 0.3) is 11.3 Å². The van der Waals surface area contributed by atoms with Crippen LogP contribution >= 0.6 is 0 Å². The molecule has 1 aliphatic heterocycles. The fraction of sp³-hybridized carbons (Fsp3) is 0.360. The number of aromatic nitrogens is 2. The summed E-state index contributed by atoms with van der Waals surface area (Å²) < 4.78 is 15.6. The van der Waals surface area contributed by atoms with Gasteiger partial charge in [-0.2, -0.15) is 0 Å². The minimum Gasteiger partial charge on any atom is -0.395 e. The number of halogens is 1. The van der Waals surface area contributed by atoms with Gasteiger partial charge in [0.2, 0.25) is 5.91 Å². The van der Waals surface area contributed by atoms with E-state index in [1.807, 2.05) is 31.2 Å². The second-order valence-corrected chi connectivity index (χ2v) is 8.41. The molecule has 8 nitrogen and oxygen atoms in total. The van der Waals surface area contributed by atoms with Gasteiger partial charge in [0.15, 0.2) is 0 Å². The van der Waals surface area contributed by atoms with Crippen LogP contribution in [0.4, 0.5) is 15.9 Å². The van der Waals surface area contributed by atoms with Gasteiger partial charge in [0.1, 0.15) is 23.2 Å². The third-order valence-corrected chi connectivity index (χ3v) is 5.95. The highest BCUT2D eigenvalue weighted by Gasteiger charge is 2.27. The molecule has 1 aliphatic rings. The summed E-state index contributed by atoms with van der Waals surface area (Å²) in [5, 5.41) is 21.9. The zero-order chi connectivity index (χ0) is 24.1. The van der Waals surface area contributed by atoms with Gasteiger partial charge < -0.3 is 25.0 Å². The monoisotopic (exact) mass is 467 g/mol. The number of nitrogens with one attached hydrogen (secondary N) is 1. The normalized spacial score (nSPS) is 13.3. The van der Waals surface area contributed by atoms with Crippen LogP contribution in [0.15, 0.2) is 48.5 Å². The van der Waals surface area contributed by atoms with Gasteiger partial charge in [-0.1, -0.05) is 17.7 Å². The summed E-state index contributed by atoms with van der Waals surface area (Å²) in [6.07, 6.45) is 0. The number of rotatable bonds is 9. The highest BCUT2D eigenvalue weighted by molar-refractivity contribution is 5.79. The van der Waals surface area contributed by atoms with Crippen molar-refractivity contribution in [2.75, 3.05) is 44.7 Å². The first-order chi connectivity index (χ1) is 16.5. The van der Waals surface area contributed by atoms with Crippen LogP contribution in [0.1, 0.15) is 11.4 Å². The molecule has 0 radical (unpaired) electrons. The van der Waals surface area contributed by atoms with E-state index < -0.39 is 0 Å². The lowest BCUT2D eigenvalue weighted by Gasteiger charge is -2.30. The molecule has 0 unspecified atom stereocenters. The molecule has 0 bridgehead atoms. The van der Waals surface area contributed by atoms with E-state index >= 15 is 0 Å². The first kappa shape index (κ1) is 23.9. The number of hydrogen-bond donors (Lipinski definition) is 3. The Hall–Kier alpha value is -3.27. The van der Waals surface area contributed by atoms with Gasteiger partial charge in [-0.05, 0) is 43.3 Å². The number of fused-ring (bicyclic) bond motifs is 1. The van der Waals surface area contributed by atoms with Crippen molar-refractivity contribution in [2.45, 2.75) is 20.0 Å². The predicted molar refractivity (Wildman–Crippen MR) is 128 cm³/mol. The van der Waals surface area contributed by atoms with E-state index in [-0.39, 0.29) is 31.5 Å². The molecular formula is C25H30FN5O3. The van der Waals surface area contributed by atoms with Crippen LogP contribution in [-0.2, 0) is 17.9 Å². The van der Waals surface area contributed by atoms with Crippen molar-refractivity contribution in [3.63, 3.8) is 0 Å². The molecule has 0 saturated carbocycles. The number of carbonyl (C=O) groups is 1. The summed E-state index contributed by atoms with van der Waals surface area (Å²) in [5.74, 6) is 1.16. The van der Waals surface area contributed by atoms with E-state index in [4.69, 9.17) is 4.98 Å². The average molecular weight is 468 g/mol. The summed E-state index contributed by atoms with van der Waals surface area (Å²) >= 11 is 0. The lowest BCUT2D eigenvalue weighted by molar-refractivity contribution is -0.134. The maximum atomic E-state index is 13.5. The fourth-order valence-corrected chi connectivity index (χ4v) is 4.10. The molecule has 1 aromatic heterocycles. The molecule has 0 spiro atoms. The number of imidazole rings is 1. The summed E-state index contributed by atoms with van der Waals surface area (Å²) in [4.78, 5) is 21.2. The van der Waals surface area contributed by atoms with Crippen molar-refractivity contribution < 1.29 is 19.4 Å². The Bertz CT molecular complexity index is 1110. The van der Waals surface area contributed by atoms with E-state index in [0.29, 0.717) is 38.4 Å². The number of aryl methyl sites for hydroxylation is 1. The fourth-order valence-electron chi connectivity index (χ4n) is 4.10. The molecule has 9 heteroatoms. The number of benzene rings is 2. The lowest BCUT2D eigenvalue weighted by atomic mass is 10.1. The smallest absolute Gasteiger partial charge is 0.237 e. The zero-order valence-corrected chi connectivity index (χ0v) is 19.2. The van der Waals surface area contributed by atoms with Gasteiger partial charge in [0.05, 0.1) is 26.3 Å². The van der Waals surface area contributed by atoms with Gasteiger partial charge in [-0.15, -0.1) is 0 Å². The van der Waals surface area contributed by atoms with Crippen LogP contribution in [0, 0.1) is 12.7 Å². The molecule has 0 fully saturated rings. The summed E-state index contributed by atoms with van der Waals surface area (Å²) in [6.45, 7) is 4.07. The average Bonchev–Trinajstić information content (AvgIpc) is 3.19. The number of nitrogens with zero attached hydrogens (tertiary/aromatic N) is 4. The molecular weight excluding hydrogens is 437 g/mol. The van der Waals surface area contributed by atoms with Crippen LogP contribution in [0.5, 0.6) is 0 Å². The van der Waals surface area contributed by atoms with Gasteiger partial charge >= 0.3 is 0 Å². The largest absolute Gasteiger partial charge is 0.395 e. The maximum Gasteiger partial charge on any atom is 0.237 e. The van der Waals surface area contributed by atoms with Crippen LogP contribution in [0.3, 0.4) is 0 Å². The van der Waals surface area contributed by atoms with Gasteiger partial charge in [0, 0.05) is 37.4 Å². The standard InChI is InChI=1S/C25H30FN5O3/c1-18-2-8-21(9-3-18)27-25-24(19-4-6-20(26)7-5-19)28-22-16-30(10-11-31(22)25)23(34)17-29(12-14-32)13-15-33/h2-9,27,32-33H,10-17H2,1H3. The Kier molecular flexibility index (Phi) is 7.56. The first-order valence-corrected chi connectivity index (χ1v) is 11.4. The summed E-state index contributed by atoms with van der Waals surface area (Å²) in [7, 11) is 0. The number of aliphatic hydroxyl groups excluding tert-OH is 2. The SMILES string of the molecule is Cc1ccc(Nc2c(-c3ccc(F)cc3)nc3n2CCN(C(=O)CN(CCO)CCO)C3)cc1. The topological polar surface area (TPSA) is 93.9 Å². The lowest BCUT2D eigenvalue weighted by Crippen LogP contribution is -2.45. The minimum atomic E-state index is -0.312. The molecule has 3 aromatic rings.